The molecule has 0 saturated carbocycles. The average molecular weight is 240 g/mol. The minimum Gasteiger partial charge on any atom is -0.387 e. The number of hydrogen-bond donors (Lipinski definition) is 2. The number of rotatable bonds is 3. The quantitative estimate of drug-likeness (QED) is 0.849. The van der Waals surface area contributed by atoms with Crippen LogP contribution in [0.2, 0.25) is 5.02 Å². The second-order valence-electron chi connectivity index (χ2n) is 3.55. The summed E-state index contributed by atoms with van der Waals surface area (Å²) in [6.45, 7) is 0. The van der Waals surface area contributed by atoms with Gasteiger partial charge in [0.05, 0.1) is 6.10 Å². The number of H-pyrrole nitrogens is 1. The Kier molecular flexibility index (Phi) is 3.27. The van der Waals surface area contributed by atoms with Crippen molar-refractivity contribution in [3.05, 3.63) is 58.6 Å². The van der Waals surface area contributed by atoms with Crippen LogP contribution in [-0.4, -0.2) is 10.1 Å². The van der Waals surface area contributed by atoms with E-state index in [1.165, 1.54) is 6.07 Å². The van der Waals surface area contributed by atoms with Crippen LogP contribution in [0.3, 0.4) is 0 Å². The van der Waals surface area contributed by atoms with E-state index in [-0.39, 0.29) is 6.42 Å². The van der Waals surface area contributed by atoms with Crippen LogP contribution in [0.25, 0.3) is 0 Å². The summed E-state index contributed by atoms with van der Waals surface area (Å²) in [6.07, 6.45) is 1.09. The summed E-state index contributed by atoms with van der Waals surface area (Å²) in [7, 11) is 0. The molecule has 1 atom stereocenters. The Morgan fingerprint density at radius 1 is 1.31 bits per heavy atom. The Hall–Kier alpha value is -1.32. The first-order valence-corrected chi connectivity index (χ1v) is 5.30. The maximum atomic E-state index is 13.4. The smallest absolute Gasteiger partial charge is 0.127 e. The summed E-state index contributed by atoms with van der Waals surface area (Å²) in [5.74, 6) is -0.391. The SMILES string of the molecule is OC(Cc1c(F)cccc1Cl)c1ccc[nH]1. The highest BCUT2D eigenvalue weighted by Crippen LogP contribution is 2.24. The highest BCUT2D eigenvalue weighted by molar-refractivity contribution is 6.31. The fourth-order valence-corrected chi connectivity index (χ4v) is 1.82. The van der Waals surface area contributed by atoms with E-state index < -0.39 is 11.9 Å². The van der Waals surface area contributed by atoms with Gasteiger partial charge in [0.2, 0.25) is 0 Å². The summed E-state index contributed by atoms with van der Waals surface area (Å²) in [6, 6.07) is 8.02. The molecule has 2 rings (SSSR count). The molecule has 0 aliphatic carbocycles. The first kappa shape index (κ1) is 11.2. The number of aliphatic hydroxyl groups excluding tert-OH is 1. The van der Waals surface area contributed by atoms with Gasteiger partial charge >= 0.3 is 0 Å². The topological polar surface area (TPSA) is 36.0 Å². The summed E-state index contributed by atoms with van der Waals surface area (Å²) in [4.78, 5) is 2.88. The van der Waals surface area contributed by atoms with Crippen molar-refractivity contribution in [3.63, 3.8) is 0 Å². The van der Waals surface area contributed by atoms with E-state index in [9.17, 15) is 9.50 Å². The van der Waals surface area contributed by atoms with E-state index >= 15 is 0 Å². The molecule has 1 heterocycles. The van der Waals surface area contributed by atoms with Crippen molar-refractivity contribution in [2.24, 2.45) is 0 Å². The molecule has 2 N–H and O–H groups in total. The van der Waals surface area contributed by atoms with Gasteiger partial charge < -0.3 is 10.1 Å². The molecule has 2 aromatic rings. The van der Waals surface area contributed by atoms with Crippen molar-refractivity contribution in [1.82, 2.24) is 4.98 Å². The van der Waals surface area contributed by atoms with E-state index in [1.54, 1.807) is 30.5 Å². The maximum Gasteiger partial charge on any atom is 0.127 e. The standard InChI is InChI=1S/C12H11ClFNO/c13-9-3-1-4-10(14)8(9)7-12(16)11-5-2-6-15-11/h1-6,12,15-16H,7H2. The van der Waals surface area contributed by atoms with Gasteiger partial charge in [0, 0.05) is 28.9 Å². The molecule has 4 heteroatoms. The van der Waals surface area contributed by atoms with E-state index in [4.69, 9.17) is 11.6 Å². The van der Waals surface area contributed by atoms with Crippen molar-refractivity contribution in [2.75, 3.05) is 0 Å². The lowest BCUT2D eigenvalue weighted by Gasteiger charge is -2.11. The molecule has 0 aliphatic rings. The third-order valence-electron chi connectivity index (χ3n) is 2.44. The zero-order chi connectivity index (χ0) is 11.5. The molecule has 1 unspecified atom stereocenters. The number of aliphatic hydroxyl groups is 1. The fourth-order valence-electron chi connectivity index (χ4n) is 1.58. The first-order valence-electron chi connectivity index (χ1n) is 4.92. The number of halogens is 2. The van der Waals surface area contributed by atoms with Crippen LogP contribution < -0.4 is 0 Å². The van der Waals surface area contributed by atoms with Gasteiger partial charge in [-0.05, 0) is 24.3 Å². The maximum absolute atomic E-state index is 13.4. The average Bonchev–Trinajstić information content (AvgIpc) is 2.76. The van der Waals surface area contributed by atoms with Crippen LogP contribution >= 0.6 is 11.6 Å². The number of aromatic nitrogens is 1. The summed E-state index contributed by atoms with van der Waals surface area (Å²) >= 11 is 5.87. The molecule has 84 valence electrons. The van der Waals surface area contributed by atoms with Crippen molar-refractivity contribution >= 4 is 11.6 Å². The molecule has 0 fully saturated rings. The largest absolute Gasteiger partial charge is 0.387 e. The molecule has 1 aromatic heterocycles. The lowest BCUT2D eigenvalue weighted by molar-refractivity contribution is 0.173. The molecule has 1 aromatic carbocycles. The van der Waals surface area contributed by atoms with Crippen molar-refractivity contribution in [3.8, 4) is 0 Å². The summed E-state index contributed by atoms with van der Waals surface area (Å²) in [5, 5.41) is 10.2. The lowest BCUT2D eigenvalue weighted by atomic mass is 10.1. The summed E-state index contributed by atoms with van der Waals surface area (Å²) < 4.78 is 13.4. The van der Waals surface area contributed by atoms with Crippen LogP contribution in [0.5, 0.6) is 0 Å². The van der Waals surface area contributed by atoms with Crippen LogP contribution in [0.15, 0.2) is 36.5 Å². The molecule has 0 bridgehead atoms. The van der Waals surface area contributed by atoms with Gasteiger partial charge in [-0.2, -0.15) is 0 Å². The Bertz CT molecular complexity index is 450. The van der Waals surface area contributed by atoms with E-state index in [0.29, 0.717) is 16.3 Å². The molecule has 0 saturated heterocycles. The molecule has 0 amide bonds. The van der Waals surface area contributed by atoms with E-state index in [0.717, 1.165) is 0 Å². The van der Waals surface area contributed by atoms with Gasteiger partial charge in [-0.3, -0.25) is 0 Å². The normalized spacial score (nSPS) is 12.7. The van der Waals surface area contributed by atoms with Crippen LogP contribution in [0, 0.1) is 5.82 Å². The zero-order valence-electron chi connectivity index (χ0n) is 8.45. The zero-order valence-corrected chi connectivity index (χ0v) is 9.21. The van der Waals surface area contributed by atoms with Crippen LogP contribution in [0.1, 0.15) is 17.4 Å². The van der Waals surface area contributed by atoms with Crippen molar-refractivity contribution in [2.45, 2.75) is 12.5 Å². The third-order valence-corrected chi connectivity index (χ3v) is 2.79. The molecular weight excluding hydrogens is 229 g/mol. The van der Waals surface area contributed by atoms with Crippen molar-refractivity contribution in [1.29, 1.82) is 0 Å². The molecular formula is C12H11ClFNO. The van der Waals surface area contributed by atoms with E-state index in [1.807, 2.05) is 0 Å². The second kappa shape index (κ2) is 4.68. The minimum absolute atomic E-state index is 0.159. The number of nitrogens with one attached hydrogen (secondary N) is 1. The van der Waals surface area contributed by atoms with Gasteiger partial charge in [0.15, 0.2) is 0 Å². The van der Waals surface area contributed by atoms with Gasteiger partial charge in [-0.15, -0.1) is 0 Å². The van der Waals surface area contributed by atoms with Crippen LogP contribution in [0.4, 0.5) is 4.39 Å². The van der Waals surface area contributed by atoms with E-state index in [2.05, 4.69) is 4.98 Å². The Morgan fingerprint density at radius 2 is 2.12 bits per heavy atom. The van der Waals surface area contributed by atoms with Crippen LogP contribution in [-0.2, 0) is 6.42 Å². The highest BCUT2D eigenvalue weighted by atomic mass is 35.5. The Balaban J connectivity index is 2.21. The van der Waals surface area contributed by atoms with Gasteiger partial charge in [-0.25, -0.2) is 4.39 Å². The number of aromatic amines is 1. The number of benzene rings is 1. The predicted octanol–water partition coefficient (Wildman–Crippen LogP) is 3.08. The molecule has 0 radical (unpaired) electrons. The molecule has 2 nitrogen and oxygen atoms in total. The summed E-state index contributed by atoms with van der Waals surface area (Å²) in [5.41, 5.74) is 0.991. The number of hydrogen-bond acceptors (Lipinski definition) is 1. The minimum atomic E-state index is -0.774. The van der Waals surface area contributed by atoms with Crippen molar-refractivity contribution < 1.29 is 9.50 Å². The molecule has 0 spiro atoms. The Morgan fingerprint density at radius 3 is 2.75 bits per heavy atom. The Labute approximate surface area is 97.7 Å². The molecule has 16 heavy (non-hydrogen) atoms. The first-order chi connectivity index (χ1) is 7.68. The predicted molar refractivity (Wildman–Crippen MR) is 60.9 cm³/mol. The second-order valence-corrected chi connectivity index (χ2v) is 3.95. The fraction of sp³-hybridized carbons (Fsp3) is 0.167. The van der Waals surface area contributed by atoms with Gasteiger partial charge in [0.25, 0.3) is 0 Å². The lowest BCUT2D eigenvalue weighted by Crippen LogP contribution is -2.04. The van der Waals surface area contributed by atoms with Gasteiger partial charge in [-0.1, -0.05) is 17.7 Å². The van der Waals surface area contributed by atoms with Gasteiger partial charge in [0.1, 0.15) is 5.82 Å². The highest BCUT2D eigenvalue weighted by Gasteiger charge is 2.14. The monoisotopic (exact) mass is 239 g/mol. The molecule has 0 aliphatic heterocycles. The third kappa shape index (κ3) is 2.26.